The van der Waals surface area contributed by atoms with E-state index in [9.17, 15) is 14.7 Å². The number of nitrogens with zero attached hydrogens (tertiary/aromatic N) is 1. The third-order valence-corrected chi connectivity index (χ3v) is 4.03. The van der Waals surface area contributed by atoms with E-state index in [1.165, 1.54) is 6.92 Å². The van der Waals surface area contributed by atoms with Gasteiger partial charge < -0.3 is 25.2 Å². The first-order chi connectivity index (χ1) is 14.9. The normalized spacial score (nSPS) is 13.2. The zero-order valence-corrected chi connectivity index (χ0v) is 17.4. The van der Waals surface area contributed by atoms with Gasteiger partial charge >= 0.3 is 0 Å². The van der Waals surface area contributed by atoms with Crippen LogP contribution in [0.4, 0.5) is 0 Å². The summed E-state index contributed by atoms with van der Waals surface area (Å²) in [6, 6.07) is 17.4. The number of carbonyl (C=O) groups excluding carboxylic acids is 2. The molecule has 0 bridgehead atoms. The van der Waals surface area contributed by atoms with Crippen LogP contribution in [0.1, 0.15) is 19.4 Å². The average Bonchev–Trinajstić information content (AvgIpc) is 2.76. The minimum atomic E-state index is -1.21. The van der Waals surface area contributed by atoms with Crippen LogP contribution in [0, 0.1) is 11.3 Å². The lowest BCUT2D eigenvalue weighted by atomic mass is 10.2. The van der Waals surface area contributed by atoms with Crippen LogP contribution < -0.4 is 25.4 Å². The van der Waals surface area contributed by atoms with E-state index >= 15 is 0 Å². The Morgan fingerprint density at radius 2 is 1.77 bits per heavy atom. The molecule has 0 saturated carbocycles. The lowest BCUT2D eigenvalue weighted by molar-refractivity contribution is -0.135. The van der Waals surface area contributed by atoms with Crippen molar-refractivity contribution in [1.82, 2.24) is 16.0 Å². The molecule has 0 fully saturated rings. The summed E-state index contributed by atoms with van der Waals surface area (Å²) in [5, 5.41) is 27.2. The van der Waals surface area contributed by atoms with Crippen LogP contribution in [0.2, 0.25) is 0 Å². The van der Waals surface area contributed by atoms with Gasteiger partial charge in [0.25, 0.3) is 12.1 Å². The number of aliphatic hydroxyl groups is 1. The molecule has 0 saturated heterocycles. The molecule has 9 heteroatoms. The number of ether oxygens (including phenoxy) is 2. The van der Waals surface area contributed by atoms with Crippen LogP contribution in [0.5, 0.6) is 11.5 Å². The molecule has 4 N–H and O–H groups in total. The Labute approximate surface area is 181 Å². The van der Waals surface area contributed by atoms with Gasteiger partial charge in [0.2, 0.25) is 5.91 Å². The zero-order chi connectivity index (χ0) is 22.6. The first-order valence-corrected chi connectivity index (χ1v) is 9.71. The first-order valence-electron chi connectivity index (χ1n) is 9.71. The fraction of sp³-hybridized carbons (Fsp3) is 0.318. The Kier molecular flexibility index (Phi) is 9.29. The van der Waals surface area contributed by atoms with Crippen LogP contribution in [0.3, 0.4) is 0 Å². The molecule has 3 unspecified atom stereocenters. The first kappa shape index (κ1) is 23.7. The van der Waals surface area contributed by atoms with E-state index in [2.05, 4.69) is 16.0 Å². The van der Waals surface area contributed by atoms with E-state index in [4.69, 9.17) is 14.7 Å². The second kappa shape index (κ2) is 12.2. The van der Waals surface area contributed by atoms with Crippen LogP contribution >= 0.6 is 0 Å². The summed E-state index contributed by atoms with van der Waals surface area (Å²) in [6.07, 6.45) is -2.61. The molecular formula is C22H26N4O5. The van der Waals surface area contributed by atoms with Crippen molar-refractivity contribution in [3.63, 3.8) is 0 Å². The highest BCUT2D eigenvalue weighted by Gasteiger charge is 2.23. The van der Waals surface area contributed by atoms with Crippen molar-refractivity contribution in [2.45, 2.75) is 32.3 Å². The van der Waals surface area contributed by atoms with E-state index in [-0.39, 0.29) is 13.2 Å². The molecule has 2 rings (SSSR count). The van der Waals surface area contributed by atoms with Crippen molar-refractivity contribution in [1.29, 1.82) is 5.26 Å². The van der Waals surface area contributed by atoms with Crippen molar-refractivity contribution in [2.24, 2.45) is 0 Å². The maximum atomic E-state index is 12.5. The van der Waals surface area contributed by atoms with E-state index in [0.29, 0.717) is 17.1 Å². The molecule has 0 spiro atoms. The number of aliphatic hydroxyl groups excluding tert-OH is 1. The number of para-hydroxylation sites is 2. The number of nitriles is 1. The number of amides is 2. The molecule has 0 heterocycles. The van der Waals surface area contributed by atoms with Gasteiger partial charge in [0.15, 0.2) is 0 Å². The van der Waals surface area contributed by atoms with Gasteiger partial charge in [0, 0.05) is 13.5 Å². The van der Waals surface area contributed by atoms with Gasteiger partial charge in [-0.15, -0.1) is 0 Å². The molecule has 0 aliphatic carbocycles. The summed E-state index contributed by atoms with van der Waals surface area (Å²) in [5.41, 5.74) is 0.380. The predicted octanol–water partition coefficient (Wildman–Crippen LogP) is 0.891. The number of rotatable bonds is 11. The summed E-state index contributed by atoms with van der Waals surface area (Å²) in [4.78, 5) is 23.9. The lowest BCUT2D eigenvalue weighted by Crippen LogP contribution is -2.55. The maximum Gasteiger partial charge on any atom is 0.283 e. The Balaban J connectivity index is 1.81. The van der Waals surface area contributed by atoms with Crippen molar-refractivity contribution in [3.05, 3.63) is 60.2 Å². The van der Waals surface area contributed by atoms with Crippen LogP contribution in [-0.2, 0) is 9.59 Å². The predicted molar refractivity (Wildman–Crippen MR) is 113 cm³/mol. The second-order valence-corrected chi connectivity index (χ2v) is 6.72. The Morgan fingerprint density at radius 1 is 1.10 bits per heavy atom. The smallest absolute Gasteiger partial charge is 0.283 e. The monoisotopic (exact) mass is 426 g/mol. The number of hydrogen-bond donors (Lipinski definition) is 4. The SMILES string of the molecule is CC(=O)NC(Oc1ccccc1)C(=O)NC(C)NCC(O)COc1ccccc1C#N. The van der Waals surface area contributed by atoms with Crippen LogP contribution in [-0.4, -0.2) is 48.6 Å². The lowest BCUT2D eigenvalue weighted by Gasteiger charge is -2.23. The molecule has 2 aromatic rings. The van der Waals surface area contributed by atoms with E-state index in [1.807, 2.05) is 6.07 Å². The molecule has 0 aliphatic rings. The number of benzene rings is 2. The molecule has 9 nitrogen and oxygen atoms in total. The quantitative estimate of drug-likeness (QED) is 0.392. The Morgan fingerprint density at radius 3 is 2.45 bits per heavy atom. The molecule has 0 aromatic heterocycles. The van der Waals surface area contributed by atoms with Crippen LogP contribution in [0.25, 0.3) is 0 Å². The second-order valence-electron chi connectivity index (χ2n) is 6.72. The number of nitrogens with one attached hydrogen (secondary N) is 3. The van der Waals surface area contributed by atoms with Gasteiger partial charge in [-0.2, -0.15) is 5.26 Å². The molecule has 0 radical (unpaired) electrons. The highest BCUT2D eigenvalue weighted by atomic mass is 16.5. The molecule has 31 heavy (non-hydrogen) atoms. The number of carbonyl (C=O) groups is 2. The van der Waals surface area contributed by atoms with E-state index in [0.717, 1.165) is 0 Å². The molecule has 2 amide bonds. The van der Waals surface area contributed by atoms with Gasteiger partial charge in [-0.1, -0.05) is 30.3 Å². The molecule has 2 aromatic carbocycles. The van der Waals surface area contributed by atoms with Crippen molar-refractivity contribution in [3.8, 4) is 17.6 Å². The van der Waals surface area contributed by atoms with Gasteiger partial charge in [0.05, 0.1) is 11.7 Å². The third-order valence-electron chi connectivity index (χ3n) is 4.03. The summed E-state index contributed by atoms with van der Waals surface area (Å²) in [6.45, 7) is 3.07. The van der Waals surface area contributed by atoms with Crippen LogP contribution in [0.15, 0.2) is 54.6 Å². The van der Waals surface area contributed by atoms with Crippen molar-refractivity contribution < 1.29 is 24.2 Å². The largest absolute Gasteiger partial charge is 0.489 e. The minimum Gasteiger partial charge on any atom is -0.489 e. The summed E-state index contributed by atoms with van der Waals surface area (Å²) in [7, 11) is 0. The standard InChI is InChI=1S/C22H26N4O5/c1-15(24-13-18(28)14-30-20-11-7-6-8-17(20)12-23)25-21(29)22(26-16(2)27)31-19-9-4-3-5-10-19/h3-11,15,18,22,24,28H,13-14H2,1-2H3,(H,25,29)(H,26,27). The number of hydrogen-bond acceptors (Lipinski definition) is 7. The Hall–Kier alpha value is -3.61. The van der Waals surface area contributed by atoms with Gasteiger partial charge in [0.1, 0.15) is 30.3 Å². The fourth-order valence-electron chi connectivity index (χ4n) is 2.55. The highest BCUT2D eigenvalue weighted by molar-refractivity contribution is 5.86. The molecule has 3 atom stereocenters. The van der Waals surface area contributed by atoms with Gasteiger partial charge in [-0.05, 0) is 31.2 Å². The highest BCUT2D eigenvalue weighted by Crippen LogP contribution is 2.16. The molecule has 0 aliphatic heterocycles. The van der Waals surface area contributed by atoms with Gasteiger partial charge in [-0.3, -0.25) is 14.9 Å². The van der Waals surface area contributed by atoms with E-state index < -0.39 is 30.3 Å². The summed E-state index contributed by atoms with van der Waals surface area (Å²) < 4.78 is 11.0. The zero-order valence-electron chi connectivity index (χ0n) is 17.4. The average molecular weight is 426 g/mol. The maximum absolute atomic E-state index is 12.5. The fourth-order valence-corrected chi connectivity index (χ4v) is 2.55. The Bertz CT molecular complexity index is 900. The van der Waals surface area contributed by atoms with Gasteiger partial charge in [-0.25, -0.2) is 0 Å². The summed E-state index contributed by atoms with van der Waals surface area (Å²) >= 11 is 0. The van der Waals surface area contributed by atoms with Crippen molar-refractivity contribution >= 4 is 11.8 Å². The molecular weight excluding hydrogens is 400 g/mol. The van der Waals surface area contributed by atoms with Crippen molar-refractivity contribution in [2.75, 3.05) is 13.2 Å². The third kappa shape index (κ3) is 8.34. The van der Waals surface area contributed by atoms with E-state index in [1.54, 1.807) is 61.5 Å². The minimum absolute atomic E-state index is 0.0298. The topological polar surface area (TPSA) is 133 Å². The molecule has 164 valence electrons. The summed E-state index contributed by atoms with van der Waals surface area (Å²) in [5.74, 6) is -0.140.